The van der Waals surface area contributed by atoms with Crippen molar-refractivity contribution in [1.82, 2.24) is 4.90 Å². The third kappa shape index (κ3) is 3.17. The van der Waals surface area contributed by atoms with Gasteiger partial charge < -0.3 is 4.90 Å². The molecule has 4 heteroatoms. The van der Waals surface area contributed by atoms with E-state index in [1.165, 1.54) is 11.8 Å². The van der Waals surface area contributed by atoms with E-state index in [-0.39, 0.29) is 0 Å². The van der Waals surface area contributed by atoms with Gasteiger partial charge in [0, 0.05) is 25.0 Å². The number of aryl methyl sites for hydroxylation is 1. The SMILES string of the molecule is CC(=O)C(=O)N(C)Cc1cc(Br)ccc1C. The van der Waals surface area contributed by atoms with Gasteiger partial charge in [-0.1, -0.05) is 22.0 Å². The summed E-state index contributed by atoms with van der Waals surface area (Å²) in [5.74, 6) is -0.894. The summed E-state index contributed by atoms with van der Waals surface area (Å²) < 4.78 is 0.969. The maximum atomic E-state index is 11.4. The van der Waals surface area contributed by atoms with Gasteiger partial charge in [-0.3, -0.25) is 9.59 Å². The summed E-state index contributed by atoms with van der Waals surface area (Å²) in [5.41, 5.74) is 2.14. The zero-order chi connectivity index (χ0) is 12.3. The minimum atomic E-state index is -0.459. The van der Waals surface area contributed by atoms with E-state index in [9.17, 15) is 9.59 Å². The Kier molecular flexibility index (Phi) is 4.24. The highest BCUT2D eigenvalue weighted by Gasteiger charge is 2.14. The van der Waals surface area contributed by atoms with Crippen LogP contribution in [0.4, 0.5) is 0 Å². The van der Waals surface area contributed by atoms with Crippen LogP contribution in [0.2, 0.25) is 0 Å². The second-order valence-corrected chi connectivity index (χ2v) is 4.70. The number of ketones is 1. The number of hydrogen-bond donors (Lipinski definition) is 0. The van der Waals surface area contributed by atoms with Crippen LogP contribution in [0.3, 0.4) is 0 Å². The van der Waals surface area contributed by atoms with Crippen LogP contribution in [-0.4, -0.2) is 23.6 Å². The predicted octanol–water partition coefficient (Wildman–Crippen LogP) is 2.30. The highest BCUT2D eigenvalue weighted by atomic mass is 79.9. The van der Waals surface area contributed by atoms with Crippen LogP contribution in [0.1, 0.15) is 18.1 Å². The molecule has 0 heterocycles. The third-order valence-corrected chi connectivity index (χ3v) is 2.86. The molecule has 1 aromatic rings. The van der Waals surface area contributed by atoms with Crippen molar-refractivity contribution < 1.29 is 9.59 Å². The Morgan fingerprint density at radius 2 is 2.00 bits per heavy atom. The molecule has 0 radical (unpaired) electrons. The molecule has 86 valence electrons. The Hall–Kier alpha value is -1.16. The summed E-state index contributed by atoms with van der Waals surface area (Å²) >= 11 is 3.38. The van der Waals surface area contributed by atoms with Gasteiger partial charge >= 0.3 is 0 Å². The molecule has 0 aliphatic carbocycles. The van der Waals surface area contributed by atoms with Gasteiger partial charge in [0.05, 0.1) is 0 Å². The molecule has 1 aromatic carbocycles. The van der Waals surface area contributed by atoms with Gasteiger partial charge in [0.1, 0.15) is 0 Å². The lowest BCUT2D eigenvalue weighted by Crippen LogP contribution is -2.31. The van der Waals surface area contributed by atoms with Crippen molar-refractivity contribution >= 4 is 27.6 Å². The van der Waals surface area contributed by atoms with Gasteiger partial charge in [-0.15, -0.1) is 0 Å². The topological polar surface area (TPSA) is 37.4 Å². The number of carbonyl (C=O) groups is 2. The summed E-state index contributed by atoms with van der Waals surface area (Å²) in [5, 5.41) is 0. The molecule has 0 aliphatic heterocycles. The zero-order valence-corrected chi connectivity index (χ0v) is 11.2. The van der Waals surface area contributed by atoms with E-state index in [2.05, 4.69) is 15.9 Å². The molecule has 0 aliphatic rings. The van der Waals surface area contributed by atoms with Crippen LogP contribution < -0.4 is 0 Å². The number of rotatable bonds is 3. The first kappa shape index (κ1) is 12.9. The minimum absolute atomic E-state index is 0.435. The van der Waals surface area contributed by atoms with Gasteiger partial charge in [0.15, 0.2) is 0 Å². The first-order chi connectivity index (χ1) is 7.41. The van der Waals surface area contributed by atoms with Crippen molar-refractivity contribution in [2.24, 2.45) is 0 Å². The van der Waals surface area contributed by atoms with E-state index < -0.39 is 11.7 Å². The predicted molar refractivity (Wildman–Crippen MR) is 66.0 cm³/mol. The minimum Gasteiger partial charge on any atom is -0.335 e. The fourth-order valence-corrected chi connectivity index (χ4v) is 1.81. The zero-order valence-electron chi connectivity index (χ0n) is 9.58. The van der Waals surface area contributed by atoms with Crippen molar-refractivity contribution in [1.29, 1.82) is 0 Å². The van der Waals surface area contributed by atoms with E-state index in [4.69, 9.17) is 0 Å². The van der Waals surface area contributed by atoms with Gasteiger partial charge in [-0.05, 0) is 30.2 Å². The van der Waals surface area contributed by atoms with Gasteiger partial charge in [0.25, 0.3) is 5.91 Å². The molecule has 0 spiro atoms. The molecule has 0 saturated carbocycles. The Balaban J connectivity index is 2.84. The largest absolute Gasteiger partial charge is 0.335 e. The molecule has 1 amide bonds. The fraction of sp³-hybridized carbons (Fsp3) is 0.333. The van der Waals surface area contributed by atoms with Gasteiger partial charge in [-0.25, -0.2) is 0 Å². The quantitative estimate of drug-likeness (QED) is 0.799. The molecule has 0 unspecified atom stereocenters. The van der Waals surface area contributed by atoms with E-state index in [1.807, 2.05) is 25.1 Å². The number of amides is 1. The highest BCUT2D eigenvalue weighted by Crippen LogP contribution is 2.17. The molecule has 1 rings (SSSR count). The lowest BCUT2D eigenvalue weighted by Gasteiger charge is -2.17. The number of Topliss-reactive ketones (excluding diaryl/α,β-unsaturated/α-hetero) is 1. The van der Waals surface area contributed by atoms with E-state index >= 15 is 0 Å². The number of benzene rings is 1. The summed E-state index contributed by atoms with van der Waals surface area (Å²) in [4.78, 5) is 23.8. The lowest BCUT2D eigenvalue weighted by molar-refractivity contribution is -0.143. The number of hydrogen-bond acceptors (Lipinski definition) is 2. The van der Waals surface area contributed by atoms with Crippen LogP contribution in [0.15, 0.2) is 22.7 Å². The Labute approximate surface area is 104 Å². The smallest absolute Gasteiger partial charge is 0.289 e. The summed E-state index contributed by atoms with van der Waals surface area (Å²) in [6, 6.07) is 5.89. The molecular weight excluding hydrogens is 270 g/mol. The second-order valence-electron chi connectivity index (χ2n) is 3.79. The number of likely N-dealkylation sites (N-methyl/N-ethyl adjacent to an activating group) is 1. The summed E-state index contributed by atoms with van der Waals surface area (Å²) in [7, 11) is 1.63. The first-order valence-electron chi connectivity index (χ1n) is 4.93. The Morgan fingerprint density at radius 3 is 2.56 bits per heavy atom. The van der Waals surface area contributed by atoms with Crippen molar-refractivity contribution in [3.05, 3.63) is 33.8 Å². The highest BCUT2D eigenvalue weighted by molar-refractivity contribution is 9.10. The van der Waals surface area contributed by atoms with Crippen LogP contribution in [-0.2, 0) is 16.1 Å². The van der Waals surface area contributed by atoms with Crippen LogP contribution in [0.25, 0.3) is 0 Å². The van der Waals surface area contributed by atoms with Crippen molar-refractivity contribution in [3.63, 3.8) is 0 Å². The normalized spacial score (nSPS) is 10.0. The summed E-state index contributed by atoms with van der Waals surface area (Å²) in [6.07, 6.45) is 0. The fourth-order valence-electron chi connectivity index (χ4n) is 1.41. The monoisotopic (exact) mass is 283 g/mol. The molecule has 0 atom stereocenters. The van der Waals surface area contributed by atoms with E-state index in [0.29, 0.717) is 6.54 Å². The molecule has 0 fully saturated rings. The molecule has 3 nitrogen and oxygen atoms in total. The van der Waals surface area contributed by atoms with Crippen LogP contribution >= 0.6 is 15.9 Å². The maximum Gasteiger partial charge on any atom is 0.289 e. The second kappa shape index (κ2) is 5.25. The number of nitrogens with zero attached hydrogens (tertiary/aromatic N) is 1. The third-order valence-electron chi connectivity index (χ3n) is 2.37. The Morgan fingerprint density at radius 1 is 1.38 bits per heavy atom. The van der Waals surface area contributed by atoms with Gasteiger partial charge in [0.2, 0.25) is 5.78 Å². The first-order valence-corrected chi connectivity index (χ1v) is 5.72. The molecule has 0 bridgehead atoms. The average Bonchev–Trinajstić information content (AvgIpc) is 2.22. The molecule has 0 saturated heterocycles. The standard InChI is InChI=1S/C12H14BrNO2/c1-8-4-5-11(13)6-10(8)7-14(3)12(16)9(2)15/h4-6H,7H2,1-3H3. The average molecular weight is 284 g/mol. The van der Waals surface area contributed by atoms with Crippen LogP contribution in [0.5, 0.6) is 0 Å². The summed E-state index contributed by atoms with van der Waals surface area (Å²) in [6.45, 7) is 3.71. The van der Waals surface area contributed by atoms with Crippen molar-refractivity contribution in [3.8, 4) is 0 Å². The lowest BCUT2D eigenvalue weighted by atomic mass is 10.1. The molecular formula is C12H14BrNO2. The molecule has 0 N–H and O–H groups in total. The van der Waals surface area contributed by atoms with E-state index in [0.717, 1.165) is 15.6 Å². The van der Waals surface area contributed by atoms with Crippen LogP contribution in [0, 0.1) is 6.92 Å². The molecule has 16 heavy (non-hydrogen) atoms. The molecule has 0 aromatic heterocycles. The maximum absolute atomic E-state index is 11.4. The number of carbonyl (C=O) groups excluding carboxylic acids is 2. The van der Waals surface area contributed by atoms with Gasteiger partial charge in [-0.2, -0.15) is 0 Å². The Bertz CT molecular complexity index is 429. The van der Waals surface area contributed by atoms with Crippen molar-refractivity contribution in [2.45, 2.75) is 20.4 Å². The van der Waals surface area contributed by atoms with E-state index in [1.54, 1.807) is 7.05 Å². The van der Waals surface area contributed by atoms with Crippen molar-refractivity contribution in [2.75, 3.05) is 7.05 Å². The number of halogens is 1.